The molecule has 1 saturated heterocycles. The number of piperazine rings is 1. The van der Waals surface area contributed by atoms with Gasteiger partial charge in [0, 0.05) is 49.8 Å². The third-order valence-corrected chi connectivity index (χ3v) is 7.46. The van der Waals surface area contributed by atoms with Crippen LogP contribution in [0, 0.1) is 0 Å². The molecule has 0 unspecified atom stereocenters. The molecule has 1 fully saturated rings. The van der Waals surface area contributed by atoms with Gasteiger partial charge in [-0.15, -0.1) is 13.2 Å². The molecule has 0 saturated carbocycles. The van der Waals surface area contributed by atoms with Crippen molar-refractivity contribution in [3.63, 3.8) is 0 Å². The van der Waals surface area contributed by atoms with Crippen LogP contribution in [-0.2, 0) is 5.60 Å². The molecule has 234 valence electrons. The Hall–Kier alpha value is -4.95. The first-order valence-electron chi connectivity index (χ1n) is 14.2. The Morgan fingerprint density at radius 3 is 2.29 bits per heavy atom. The van der Waals surface area contributed by atoms with Gasteiger partial charge < -0.3 is 25.0 Å². The normalized spacial score (nSPS) is 14.6. The largest absolute Gasteiger partial charge is 0.573 e. The average Bonchev–Trinajstić information content (AvgIpc) is 3.28. The Bertz CT molecular complexity index is 1890. The summed E-state index contributed by atoms with van der Waals surface area (Å²) in [5.74, 6) is -0.117. The number of anilines is 3. The molecule has 5 aromatic rings. The smallest absolute Gasteiger partial charge is 0.406 e. The minimum Gasteiger partial charge on any atom is -0.406 e. The van der Waals surface area contributed by atoms with Gasteiger partial charge in [0.2, 0.25) is 5.95 Å². The topological polar surface area (TPSA) is 114 Å². The number of pyridine rings is 1. The van der Waals surface area contributed by atoms with Crippen molar-refractivity contribution in [1.82, 2.24) is 29.2 Å². The van der Waals surface area contributed by atoms with Gasteiger partial charge in [-0.3, -0.25) is 4.79 Å². The molecule has 1 aliphatic heterocycles. The lowest BCUT2D eigenvalue weighted by atomic mass is 10.1. The zero-order chi connectivity index (χ0) is 31.9. The molecular formula is C31H31F3N8O3. The maximum atomic E-state index is 13.8. The summed E-state index contributed by atoms with van der Waals surface area (Å²) in [4.78, 5) is 31.9. The fraction of sp³-hybridized carbons (Fsp3) is 0.290. The van der Waals surface area contributed by atoms with Gasteiger partial charge in [0.25, 0.3) is 5.56 Å². The number of nitrogens with one attached hydrogen (secondary N) is 1. The van der Waals surface area contributed by atoms with Crippen LogP contribution in [0.3, 0.4) is 0 Å². The summed E-state index contributed by atoms with van der Waals surface area (Å²) in [6.45, 7) is 6.98. The van der Waals surface area contributed by atoms with Crippen LogP contribution in [0.4, 0.5) is 30.5 Å². The second-order valence-electron chi connectivity index (χ2n) is 11.3. The van der Waals surface area contributed by atoms with Gasteiger partial charge in [-0.25, -0.2) is 19.3 Å². The van der Waals surface area contributed by atoms with Crippen LogP contribution in [0.2, 0.25) is 0 Å². The summed E-state index contributed by atoms with van der Waals surface area (Å²) in [5.41, 5.74) is 0.446. The van der Waals surface area contributed by atoms with Gasteiger partial charge in [-0.1, -0.05) is 12.1 Å². The van der Waals surface area contributed by atoms with Crippen LogP contribution in [0.15, 0.2) is 77.7 Å². The molecule has 2 N–H and O–H groups in total. The van der Waals surface area contributed by atoms with Crippen LogP contribution in [0.25, 0.3) is 22.5 Å². The number of hydrogen-bond acceptors (Lipinski definition) is 9. The van der Waals surface area contributed by atoms with Crippen LogP contribution in [0.5, 0.6) is 5.75 Å². The second kappa shape index (κ2) is 11.5. The first-order valence-corrected chi connectivity index (χ1v) is 14.2. The van der Waals surface area contributed by atoms with E-state index in [2.05, 4.69) is 41.9 Å². The minimum absolute atomic E-state index is 0.0733. The monoisotopic (exact) mass is 620 g/mol. The number of fused-ring (bicyclic) bond motifs is 1. The molecule has 0 bridgehead atoms. The Kier molecular flexibility index (Phi) is 7.70. The minimum atomic E-state index is -4.92. The Labute approximate surface area is 256 Å². The lowest BCUT2D eigenvalue weighted by molar-refractivity contribution is -0.274. The van der Waals surface area contributed by atoms with Crippen molar-refractivity contribution in [3.8, 4) is 17.3 Å². The summed E-state index contributed by atoms with van der Waals surface area (Å²) < 4.78 is 45.7. The zero-order valence-electron chi connectivity index (χ0n) is 24.8. The Morgan fingerprint density at radius 1 is 0.889 bits per heavy atom. The highest BCUT2D eigenvalue weighted by atomic mass is 19.4. The van der Waals surface area contributed by atoms with Crippen LogP contribution in [0.1, 0.15) is 19.5 Å². The number of likely N-dealkylation sites (N-methyl/N-ethyl adjacent to an activating group) is 1. The number of halogens is 3. The van der Waals surface area contributed by atoms with Crippen molar-refractivity contribution in [2.24, 2.45) is 0 Å². The lowest BCUT2D eigenvalue weighted by Crippen LogP contribution is -2.44. The molecule has 11 nitrogen and oxygen atoms in total. The average molecular weight is 621 g/mol. The molecule has 0 aliphatic carbocycles. The summed E-state index contributed by atoms with van der Waals surface area (Å²) in [6.07, 6.45) is -3.57. The van der Waals surface area contributed by atoms with Crippen molar-refractivity contribution in [3.05, 3.63) is 89.0 Å². The number of aromatic nitrogens is 5. The molecule has 0 spiro atoms. The van der Waals surface area contributed by atoms with E-state index >= 15 is 0 Å². The van der Waals surface area contributed by atoms with Gasteiger partial charge in [0.1, 0.15) is 16.7 Å². The molecule has 4 heterocycles. The number of ether oxygens (including phenoxy) is 1. The van der Waals surface area contributed by atoms with Crippen molar-refractivity contribution in [2.45, 2.75) is 25.8 Å². The van der Waals surface area contributed by atoms with E-state index in [-0.39, 0.29) is 28.5 Å². The fourth-order valence-electron chi connectivity index (χ4n) is 5.13. The number of rotatable bonds is 7. The molecule has 0 atom stereocenters. The van der Waals surface area contributed by atoms with Crippen molar-refractivity contribution in [1.29, 1.82) is 0 Å². The summed E-state index contributed by atoms with van der Waals surface area (Å²) in [5, 5.41) is 13.9. The summed E-state index contributed by atoms with van der Waals surface area (Å²) in [7, 11) is 2.11. The summed E-state index contributed by atoms with van der Waals surface area (Å²) in [6, 6.07) is 17.8. The highest BCUT2D eigenvalue weighted by Gasteiger charge is 2.31. The maximum absolute atomic E-state index is 13.8. The van der Waals surface area contributed by atoms with E-state index in [0.29, 0.717) is 5.69 Å². The van der Waals surface area contributed by atoms with E-state index in [4.69, 9.17) is 0 Å². The lowest BCUT2D eigenvalue weighted by Gasteiger charge is -2.34. The number of nitrogens with zero attached hydrogens (tertiary/aromatic N) is 7. The highest BCUT2D eigenvalue weighted by molar-refractivity contribution is 5.78. The van der Waals surface area contributed by atoms with Crippen LogP contribution in [-0.4, -0.2) is 73.9 Å². The SMILES string of the molecule is CN1CCN(c2ccc(Nc3ncc4c(=O)n(-c5cccc(OC(F)(F)F)c5)n(-c5cccc(C(C)(C)O)n5)c4n3)cc2)CC1. The number of aliphatic hydroxyl groups is 1. The van der Waals surface area contributed by atoms with Crippen molar-refractivity contribution >= 4 is 28.4 Å². The van der Waals surface area contributed by atoms with Gasteiger partial charge in [0.05, 0.1) is 11.4 Å². The number of hydrogen-bond donors (Lipinski definition) is 2. The molecule has 3 aromatic heterocycles. The first-order chi connectivity index (χ1) is 21.4. The second-order valence-corrected chi connectivity index (χ2v) is 11.3. The van der Waals surface area contributed by atoms with Crippen molar-refractivity contribution < 1.29 is 23.0 Å². The first kappa shape index (κ1) is 30.1. The Balaban J connectivity index is 1.43. The van der Waals surface area contributed by atoms with Crippen LogP contribution >= 0.6 is 0 Å². The van der Waals surface area contributed by atoms with Gasteiger partial charge in [-0.05, 0) is 69.4 Å². The van der Waals surface area contributed by atoms with Gasteiger partial charge in [0.15, 0.2) is 11.5 Å². The third kappa shape index (κ3) is 6.47. The van der Waals surface area contributed by atoms with E-state index < -0.39 is 23.3 Å². The predicted octanol–water partition coefficient (Wildman–Crippen LogP) is 4.59. The highest BCUT2D eigenvalue weighted by Crippen LogP contribution is 2.27. The molecular weight excluding hydrogens is 589 g/mol. The fourth-order valence-corrected chi connectivity index (χ4v) is 5.13. The van der Waals surface area contributed by atoms with E-state index in [0.717, 1.165) is 54.4 Å². The van der Waals surface area contributed by atoms with E-state index in [1.54, 1.807) is 32.0 Å². The quantitative estimate of drug-likeness (QED) is 0.270. The van der Waals surface area contributed by atoms with Gasteiger partial charge in [-0.2, -0.15) is 4.98 Å². The van der Waals surface area contributed by atoms with E-state index in [9.17, 15) is 23.1 Å². The van der Waals surface area contributed by atoms with Gasteiger partial charge >= 0.3 is 6.36 Å². The molecule has 45 heavy (non-hydrogen) atoms. The van der Waals surface area contributed by atoms with Crippen molar-refractivity contribution in [2.75, 3.05) is 43.4 Å². The zero-order valence-corrected chi connectivity index (χ0v) is 24.8. The molecule has 6 rings (SSSR count). The standard InChI is InChI=1S/C31H31F3N8O3/c1-30(2,44)25-8-5-9-26(37-25)42-27-24(28(43)41(42)22-6-4-7-23(18-22)45-31(32,33)34)19-35-29(38-27)36-20-10-12-21(13-11-20)40-16-14-39(3)15-17-40/h4-13,18-19,44H,14-17H2,1-3H3,(H,35,36,38). The van der Waals surface area contributed by atoms with E-state index in [1.165, 1.54) is 23.0 Å². The Morgan fingerprint density at radius 2 is 1.60 bits per heavy atom. The molecule has 0 radical (unpaired) electrons. The number of benzene rings is 2. The molecule has 1 aliphatic rings. The summed E-state index contributed by atoms with van der Waals surface area (Å²) >= 11 is 0. The van der Waals surface area contributed by atoms with E-state index in [1.807, 2.05) is 24.3 Å². The van der Waals surface area contributed by atoms with Crippen LogP contribution < -0.4 is 20.5 Å². The molecule has 14 heteroatoms. The number of alkyl halides is 3. The maximum Gasteiger partial charge on any atom is 0.573 e. The third-order valence-electron chi connectivity index (χ3n) is 7.46. The molecule has 0 amide bonds. The predicted molar refractivity (Wildman–Crippen MR) is 164 cm³/mol. The molecule has 2 aromatic carbocycles.